The van der Waals surface area contributed by atoms with Gasteiger partial charge in [-0.3, -0.25) is 9.59 Å². The molecule has 1 aromatic carbocycles. The normalized spacial score (nSPS) is 21.1. The molecule has 116 valence electrons. The quantitative estimate of drug-likeness (QED) is 0.852. The summed E-state index contributed by atoms with van der Waals surface area (Å²) in [5.41, 5.74) is 0.809. The number of benzene rings is 1. The van der Waals surface area contributed by atoms with E-state index >= 15 is 0 Å². The van der Waals surface area contributed by atoms with Crippen LogP contribution in [0.4, 0.5) is 4.79 Å². The standard InChI is InChI=1S/C16H18N2O3S/c1-21-13-7-3-2-6-12(13)10-14-15(19)18(16(20)22-14)11-17-8-4-5-9-17/h2-3,6-7,10H,4-5,8-9,11H2,1H3/p+1/b14-10-. The Kier molecular flexibility index (Phi) is 4.49. The zero-order chi connectivity index (χ0) is 15.5. The summed E-state index contributed by atoms with van der Waals surface area (Å²) < 4.78 is 5.28. The molecule has 2 saturated heterocycles. The Balaban J connectivity index is 1.79. The van der Waals surface area contributed by atoms with E-state index in [2.05, 4.69) is 0 Å². The summed E-state index contributed by atoms with van der Waals surface area (Å²) in [7, 11) is 1.59. The van der Waals surface area contributed by atoms with Crippen LogP contribution in [-0.4, -0.2) is 42.9 Å². The minimum Gasteiger partial charge on any atom is -0.496 e. The summed E-state index contributed by atoms with van der Waals surface area (Å²) >= 11 is 1.01. The predicted molar refractivity (Wildman–Crippen MR) is 85.6 cm³/mol. The fourth-order valence-corrected chi connectivity index (χ4v) is 3.65. The van der Waals surface area contributed by atoms with E-state index in [-0.39, 0.29) is 11.1 Å². The number of likely N-dealkylation sites (tertiary alicyclic amines) is 1. The van der Waals surface area contributed by atoms with E-state index in [0.717, 1.165) is 30.4 Å². The van der Waals surface area contributed by atoms with Gasteiger partial charge in [-0.15, -0.1) is 0 Å². The summed E-state index contributed by atoms with van der Waals surface area (Å²) in [6.45, 7) is 2.55. The summed E-state index contributed by atoms with van der Waals surface area (Å²) in [5.74, 6) is 0.500. The van der Waals surface area contributed by atoms with E-state index in [1.165, 1.54) is 22.6 Å². The van der Waals surface area contributed by atoms with Crippen molar-refractivity contribution in [3.8, 4) is 5.75 Å². The van der Waals surface area contributed by atoms with Crippen molar-refractivity contribution in [1.82, 2.24) is 4.90 Å². The van der Waals surface area contributed by atoms with E-state index in [1.54, 1.807) is 13.2 Å². The highest BCUT2D eigenvalue weighted by molar-refractivity contribution is 8.18. The maximum atomic E-state index is 12.5. The molecule has 0 aliphatic carbocycles. The lowest BCUT2D eigenvalue weighted by Gasteiger charge is -2.18. The van der Waals surface area contributed by atoms with Gasteiger partial charge in [-0.25, -0.2) is 4.90 Å². The Morgan fingerprint density at radius 2 is 2.00 bits per heavy atom. The zero-order valence-electron chi connectivity index (χ0n) is 12.5. The first-order valence-corrected chi connectivity index (χ1v) is 8.22. The second kappa shape index (κ2) is 6.54. The van der Waals surface area contributed by atoms with Crippen molar-refractivity contribution in [2.45, 2.75) is 12.8 Å². The number of hydrogen-bond donors (Lipinski definition) is 1. The molecule has 5 nitrogen and oxygen atoms in total. The largest absolute Gasteiger partial charge is 0.496 e. The van der Waals surface area contributed by atoms with Crippen LogP contribution in [0.2, 0.25) is 0 Å². The van der Waals surface area contributed by atoms with Gasteiger partial charge in [0.2, 0.25) is 0 Å². The molecule has 2 fully saturated rings. The van der Waals surface area contributed by atoms with Crippen LogP contribution in [0.15, 0.2) is 29.2 Å². The number of amides is 2. The molecule has 0 aromatic heterocycles. The van der Waals surface area contributed by atoms with Gasteiger partial charge in [0, 0.05) is 18.4 Å². The molecule has 0 atom stereocenters. The summed E-state index contributed by atoms with van der Waals surface area (Å²) in [5, 5.41) is -0.175. The first kappa shape index (κ1) is 15.1. The smallest absolute Gasteiger partial charge is 0.298 e. The third-order valence-corrected chi connectivity index (χ3v) is 4.90. The van der Waals surface area contributed by atoms with Gasteiger partial charge in [0.15, 0.2) is 6.67 Å². The van der Waals surface area contributed by atoms with Crippen LogP contribution < -0.4 is 9.64 Å². The molecule has 22 heavy (non-hydrogen) atoms. The number of hydrogen-bond acceptors (Lipinski definition) is 4. The molecule has 1 aromatic rings. The maximum absolute atomic E-state index is 12.5. The number of nitrogens with one attached hydrogen (secondary N) is 1. The number of nitrogens with zero attached hydrogens (tertiary/aromatic N) is 1. The first-order valence-electron chi connectivity index (χ1n) is 7.41. The average Bonchev–Trinajstić information content (AvgIpc) is 3.12. The molecule has 3 rings (SSSR count). The molecule has 6 heteroatoms. The number of carbonyl (C=O) groups excluding carboxylic acids is 2. The summed E-state index contributed by atoms with van der Waals surface area (Å²) in [4.78, 5) is 27.7. The van der Waals surface area contributed by atoms with Gasteiger partial charge in [-0.2, -0.15) is 0 Å². The molecule has 0 radical (unpaired) electrons. The van der Waals surface area contributed by atoms with E-state index in [0.29, 0.717) is 17.3 Å². The molecule has 1 N–H and O–H groups in total. The van der Waals surface area contributed by atoms with Crippen LogP contribution in [0.1, 0.15) is 18.4 Å². The zero-order valence-corrected chi connectivity index (χ0v) is 13.3. The van der Waals surface area contributed by atoms with Crippen molar-refractivity contribution in [2.24, 2.45) is 0 Å². The summed E-state index contributed by atoms with van der Waals surface area (Å²) in [6, 6.07) is 7.47. The van der Waals surface area contributed by atoms with Crippen molar-refractivity contribution < 1.29 is 19.2 Å². The minimum atomic E-state index is -0.194. The number of ether oxygens (including phenoxy) is 1. The van der Waals surface area contributed by atoms with Gasteiger partial charge in [-0.05, 0) is 23.9 Å². The maximum Gasteiger partial charge on any atom is 0.298 e. The Bertz CT molecular complexity index is 624. The molecule has 0 saturated carbocycles. The lowest BCUT2D eigenvalue weighted by atomic mass is 10.2. The van der Waals surface area contributed by atoms with Gasteiger partial charge in [0.25, 0.3) is 11.1 Å². The van der Waals surface area contributed by atoms with E-state index < -0.39 is 0 Å². The first-order chi connectivity index (χ1) is 10.7. The van der Waals surface area contributed by atoms with Gasteiger partial charge < -0.3 is 9.64 Å². The van der Waals surface area contributed by atoms with Crippen LogP contribution in [0, 0.1) is 0 Å². The highest BCUT2D eigenvalue weighted by atomic mass is 32.2. The minimum absolute atomic E-state index is 0.175. The molecular formula is C16H19N2O3S+. The van der Waals surface area contributed by atoms with Gasteiger partial charge in [0.05, 0.1) is 25.1 Å². The molecular weight excluding hydrogens is 300 g/mol. The number of carbonyl (C=O) groups is 2. The number of methoxy groups -OCH3 is 1. The number of thioether (sulfide) groups is 1. The van der Waals surface area contributed by atoms with Crippen LogP contribution in [0.5, 0.6) is 5.75 Å². The van der Waals surface area contributed by atoms with Crippen molar-refractivity contribution in [3.63, 3.8) is 0 Å². The van der Waals surface area contributed by atoms with Crippen LogP contribution in [0.3, 0.4) is 0 Å². The molecule has 2 aliphatic rings. The third-order valence-electron chi connectivity index (χ3n) is 3.99. The highest BCUT2D eigenvalue weighted by Gasteiger charge is 2.38. The van der Waals surface area contributed by atoms with Crippen LogP contribution in [0.25, 0.3) is 6.08 Å². The Hall–Kier alpha value is -1.79. The lowest BCUT2D eigenvalue weighted by molar-refractivity contribution is -0.894. The molecule has 0 bridgehead atoms. The number of para-hydroxylation sites is 1. The Morgan fingerprint density at radius 3 is 2.73 bits per heavy atom. The predicted octanol–water partition coefficient (Wildman–Crippen LogP) is 1.37. The fourth-order valence-electron chi connectivity index (χ4n) is 2.82. The molecule has 2 amide bonds. The van der Waals surface area contributed by atoms with Crippen LogP contribution >= 0.6 is 11.8 Å². The topological polar surface area (TPSA) is 51.0 Å². The highest BCUT2D eigenvalue weighted by Crippen LogP contribution is 2.33. The summed E-state index contributed by atoms with van der Waals surface area (Å²) in [6.07, 6.45) is 4.08. The molecule has 2 aliphatic heterocycles. The fraction of sp³-hybridized carbons (Fsp3) is 0.375. The van der Waals surface area contributed by atoms with Crippen molar-refractivity contribution >= 4 is 29.0 Å². The molecule has 0 spiro atoms. The van der Waals surface area contributed by atoms with E-state index in [4.69, 9.17) is 4.74 Å². The lowest BCUT2D eigenvalue weighted by Crippen LogP contribution is -3.11. The van der Waals surface area contributed by atoms with Gasteiger partial charge >= 0.3 is 0 Å². The van der Waals surface area contributed by atoms with Crippen molar-refractivity contribution in [3.05, 3.63) is 34.7 Å². The molecule has 2 heterocycles. The SMILES string of the molecule is COc1ccccc1/C=C1\SC(=O)N(C[NH+]2CCCC2)C1=O. The second-order valence-electron chi connectivity index (χ2n) is 5.47. The monoisotopic (exact) mass is 319 g/mol. The van der Waals surface area contributed by atoms with Gasteiger partial charge in [-0.1, -0.05) is 18.2 Å². The van der Waals surface area contributed by atoms with E-state index in [1.807, 2.05) is 24.3 Å². The van der Waals surface area contributed by atoms with Crippen molar-refractivity contribution in [1.29, 1.82) is 0 Å². The van der Waals surface area contributed by atoms with Gasteiger partial charge in [0.1, 0.15) is 5.75 Å². The third kappa shape index (κ3) is 3.03. The number of quaternary nitrogens is 1. The van der Waals surface area contributed by atoms with Crippen molar-refractivity contribution in [2.75, 3.05) is 26.9 Å². The van der Waals surface area contributed by atoms with Crippen LogP contribution in [-0.2, 0) is 4.79 Å². The van der Waals surface area contributed by atoms with E-state index in [9.17, 15) is 9.59 Å². The second-order valence-corrected chi connectivity index (χ2v) is 6.46. The number of rotatable bonds is 4. The average molecular weight is 319 g/mol. The Labute approximate surface area is 133 Å². The Morgan fingerprint density at radius 1 is 1.27 bits per heavy atom. The number of imide groups is 1. The molecule has 0 unspecified atom stereocenters.